The van der Waals surface area contributed by atoms with Crippen LogP contribution in [-0.4, -0.2) is 35.9 Å². The molecule has 2 aromatic rings. The van der Waals surface area contributed by atoms with Crippen molar-refractivity contribution in [1.29, 1.82) is 0 Å². The van der Waals surface area contributed by atoms with E-state index in [0.717, 1.165) is 0 Å². The number of aliphatic hydroxyl groups is 1. The van der Waals surface area contributed by atoms with E-state index in [-0.39, 0.29) is 11.3 Å². The largest absolute Gasteiger partial charge is 0.507 e. The molecule has 1 amide bonds. The van der Waals surface area contributed by atoms with Gasteiger partial charge in [-0.25, -0.2) is 4.39 Å². The number of hydrogen-bond acceptors (Lipinski definition) is 4. The van der Waals surface area contributed by atoms with E-state index < -0.39 is 23.5 Å². The zero-order valence-corrected chi connectivity index (χ0v) is 13.7. The second-order valence-corrected chi connectivity index (χ2v) is 5.69. The summed E-state index contributed by atoms with van der Waals surface area (Å²) in [5, 5.41) is 10.6. The van der Waals surface area contributed by atoms with Crippen LogP contribution in [0.4, 0.5) is 4.39 Å². The molecular weight excluding hydrogens is 325 g/mol. The highest BCUT2D eigenvalue weighted by atomic mass is 19.1. The molecule has 0 unspecified atom stereocenters. The summed E-state index contributed by atoms with van der Waals surface area (Å²) in [6.07, 6.45) is 0. The Morgan fingerprint density at radius 3 is 2.24 bits per heavy atom. The number of amides is 1. The minimum Gasteiger partial charge on any atom is -0.507 e. The van der Waals surface area contributed by atoms with Crippen LogP contribution in [0.1, 0.15) is 17.2 Å². The summed E-state index contributed by atoms with van der Waals surface area (Å²) >= 11 is 0. The number of rotatable bonds is 3. The predicted molar refractivity (Wildman–Crippen MR) is 89.5 cm³/mol. The second kappa shape index (κ2) is 6.39. The molecule has 128 valence electrons. The lowest BCUT2D eigenvalue weighted by molar-refractivity contribution is -0.139. The van der Waals surface area contributed by atoms with Gasteiger partial charge in [-0.1, -0.05) is 12.1 Å². The quantitative estimate of drug-likeness (QED) is 0.530. The number of Topliss-reactive ketones (excluding diaryl/α,β-unsaturated/α-hetero) is 1. The summed E-state index contributed by atoms with van der Waals surface area (Å²) in [5.74, 6) is -1.59. The molecule has 0 saturated carbocycles. The van der Waals surface area contributed by atoms with Crippen molar-refractivity contribution >= 4 is 17.4 Å². The van der Waals surface area contributed by atoms with Crippen molar-refractivity contribution in [3.8, 4) is 5.75 Å². The number of benzene rings is 2. The Morgan fingerprint density at radius 1 is 1.08 bits per heavy atom. The molecule has 1 atom stereocenters. The fourth-order valence-corrected chi connectivity index (χ4v) is 2.89. The highest BCUT2D eigenvalue weighted by Gasteiger charge is 2.44. The lowest BCUT2D eigenvalue weighted by Crippen LogP contribution is -2.24. The lowest BCUT2D eigenvalue weighted by atomic mass is 9.95. The molecule has 6 heteroatoms. The Morgan fingerprint density at radius 2 is 1.68 bits per heavy atom. The third-order valence-corrected chi connectivity index (χ3v) is 4.22. The fraction of sp³-hybridized carbons (Fsp3) is 0.158. The van der Waals surface area contributed by atoms with Crippen molar-refractivity contribution in [2.24, 2.45) is 0 Å². The smallest absolute Gasteiger partial charge is 0.295 e. The first-order valence-corrected chi connectivity index (χ1v) is 7.58. The van der Waals surface area contributed by atoms with Gasteiger partial charge in [0.25, 0.3) is 11.7 Å². The summed E-state index contributed by atoms with van der Waals surface area (Å²) in [6, 6.07) is 11.2. The first kappa shape index (κ1) is 16.7. The van der Waals surface area contributed by atoms with Crippen molar-refractivity contribution in [3.63, 3.8) is 0 Å². The topological polar surface area (TPSA) is 66.8 Å². The fourth-order valence-electron chi connectivity index (χ4n) is 2.89. The summed E-state index contributed by atoms with van der Waals surface area (Å²) in [6.45, 7) is 0. The first-order chi connectivity index (χ1) is 11.9. The molecule has 5 nitrogen and oxygen atoms in total. The Hall–Kier alpha value is -3.15. The van der Waals surface area contributed by atoms with E-state index in [2.05, 4.69) is 0 Å². The maximum Gasteiger partial charge on any atom is 0.295 e. The number of ketones is 1. The number of methoxy groups -OCH3 is 1. The number of likely N-dealkylation sites (tertiary alicyclic amines) is 1. The van der Waals surface area contributed by atoms with Gasteiger partial charge in [0.1, 0.15) is 17.3 Å². The molecule has 0 spiro atoms. The zero-order chi connectivity index (χ0) is 18.1. The number of nitrogens with zero attached hydrogens (tertiary/aromatic N) is 1. The third kappa shape index (κ3) is 2.87. The Balaban J connectivity index is 2.12. The van der Waals surface area contributed by atoms with Crippen LogP contribution in [0.25, 0.3) is 5.76 Å². The molecule has 3 rings (SSSR count). The molecule has 0 bridgehead atoms. The Labute approximate surface area is 144 Å². The van der Waals surface area contributed by atoms with Crippen molar-refractivity contribution in [2.75, 3.05) is 14.2 Å². The summed E-state index contributed by atoms with van der Waals surface area (Å²) in [5.41, 5.74) is 0.904. The van der Waals surface area contributed by atoms with Crippen molar-refractivity contribution in [1.82, 2.24) is 4.90 Å². The Bertz CT molecular complexity index is 856. The number of halogens is 1. The molecule has 1 N–H and O–H groups in total. The van der Waals surface area contributed by atoms with Gasteiger partial charge in [-0.05, 0) is 42.0 Å². The van der Waals surface area contributed by atoms with Gasteiger partial charge in [0.05, 0.1) is 18.7 Å². The number of likely N-dealkylation sites (N-methyl/N-ethyl adjacent to an activating group) is 1. The summed E-state index contributed by atoms with van der Waals surface area (Å²) < 4.78 is 18.3. The summed E-state index contributed by atoms with van der Waals surface area (Å²) in [7, 11) is 2.99. The van der Waals surface area contributed by atoms with E-state index >= 15 is 0 Å². The van der Waals surface area contributed by atoms with Crippen molar-refractivity contribution in [2.45, 2.75) is 6.04 Å². The standard InChI is InChI=1S/C19H16FNO4/c1-21-16(11-3-7-13(20)8-4-11)15(18(23)19(21)24)17(22)12-5-9-14(25-2)10-6-12/h3-10,16,22H,1-2H3/b17-15+/t16-/m1/s1. The van der Waals surface area contributed by atoms with E-state index in [1.54, 1.807) is 24.3 Å². The third-order valence-electron chi connectivity index (χ3n) is 4.22. The predicted octanol–water partition coefficient (Wildman–Crippen LogP) is 2.89. The molecule has 1 aliphatic heterocycles. The van der Waals surface area contributed by atoms with Crippen LogP contribution in [0.3, 0.4) is 0 Å². The van der Waals surface area contributed by atoms with Gasteiger partial charge in [-0.3, -0.25) is 9.59 Å². The van der Waals surface area contributed by atoms with E-state index in [4.69, 9.17) is 4.74 Å². The van der Waals surface area contributed by atoms with Crippen LogP contribution in [-0.2, 0) is 9.59 Å². The maximum absolute atomic E-state index is 13.2. The number of ether oxygens (including phenoxy) is 1. The number of carbonyl (C=O) groups excluding carboxylic acids is 2. The zero-order valence-electron chi connectivity index (χ0n) is 13.7. The SMILES string of the molecule is COc1ccc(/C(O)=C2\C(=O)C(=O)N(C)[C@@H]2c2ccc(F)cc2)cc1. The molecule has 1 aliphatic rings. The van der Waals surface area contributed by atoms with Gasteiger partial charge in [-0.15, -0.1) is 0 Å². The van der Waals surface area contributed by atoms with Crippen LogP contribution >= 0.6 is 0 Å². The molecule has 0 radical (unpaired) electrons. The Kier molecular flexibility index (Phi) is 4.27. The number of hydrogen-bond donors (Lipinski definition) is 1. The lowest BCUT2D eigenvalue weighted by Gasteiger charge is -2.21. The number of aliphatic hydroxyl groups excluding tert-OH is 1. The summed E-state index contributed by atoms with van der Waals surface area (Å²) in [4.78, 5) is 25.8. The molecule has 1 heterocycles. The molecule has 1 fully saturated rings. The van der Waals surface area contributed by atoms with E-state index in [1.165, 1.54) is 43.3 Å². The van der Waals surface area contributed by atoms with Crippen molar-refractivity contribution < 1.29 is 23.8 Å². The second-order valence-electron chi connectivity index (χ2n) is 5.69. The average Bonchev–Trinajstić information content (AvgIpc) is 2.86. The highest BCUT2D eigenvalue weighted by Crippen LogP contribution is 2.38. The van der Waals surface area contributed by atoms with Gasteiger partial charge in [0, 0.05) is 12.6 Å². The van der Waals surface area contributed by atoms with Gasteiger partial charge in [0.15, 0.2) is 0 Å². The monoisotopic (exact) mass is 341 g/mol. The minimum atomic E-state index is -0.775. The molecule has 0 aromatic heterocycles. The van der Waals surface area contributed by atoms with Gasteiger partial charge < -0.3 is 14.7 Å². The van der Waals surface area contributed by atoms with Crippen molar-refractivity contribution in [3.05, 3.63) is 71.0 Å². The minimum absolute atomic E-state index is 0.0238. The molecule has 25 heavy (non-hydrogen) atoms. The van der Waals surface area contributed by atoms with E-state index in [9.17, 15) is 19.1 Å². The molecule has 1 saturated heterocycles. The average molecular weight is 341 g/mol. The van der Waals surface area contributed by atoms with E-state index in [1.807, 2.05) is 0 Å². The number of carbonyl (C=O) groups is 2. The highest BCUT2D eigenvalue weighted by molar-refractivity contribution is 6.46. The van der Waals surface area contributed by atoms with Crippen LogP contribution in [0, 0.1) is 5.82 Å². The molecule has 0 aliphatic carbocycles. The van der Waals surface area contributed by atoms with Crippen LogP contribution < -0.4 is 4.74 Å². The van der Waals surface area contributed by atoms with Crippen LogP contribution in [0.2, 0.25) is 0 Å². The van der Waals surface area contributed by atoms with E-state index in [0.29, 0.717) is 16.9 Å². The molecular formula is C19H16FNO4. The van der Waals surface area contributed by atoms with Gasteiger partial charge in [0.2, 0.25) is 0 Å². The maximum atomic E-state index is 13.2. The first-order valence-electron chi connectivity index (χ1n) is 7.58. The van der Waals surface area contributed by atoms with Gasteiger partial charge in [-0.2, -0.15) is 0 Å². The van der Waals surface area contributed by atoms with Crippen LogP contribution in [0.15, 0.2) is 54.1 Å². The normalized spacial score (nSPS) is 19.3. The van der Waals surface area contributed by atoms with Crippen LogP contribution in [0.5, 0.6) is 5.75 Å². The van der Waals surface area contributed by atoms with Gasteiger partial charge >= 0.3 is 0 Å². The molecule has 2 aromatic carbocycles.